The number of nitrogens with zero attached hydrogens (tertiary/aromatic N) is 4. The molecular weight excluding hydrogens is 322 g/mol. The zero-order valence-corrected chi connectivity index (χ0v) is 14.7. The zero-order chi connectivity index (χ0) is 17.3. The fraction of sp³-hybridized carbons (Fsp3) is 0.294. The van der Waals surface area contributed by atoms with E-state index >= 15 is 0 Å². The Balaban J connectivity index is 1.81. The number of fused-ring (bicyclic) bond motifs is 1. The quantitative estimate of drug-likeness (QED) is 0.741. The largest absolute Gasteiger partial charge is 0.324 e. The molecule has 0 aliphatic rings. The van der Waals surface area contributed by atoms with Gasteiger partial charge in [0, 0.05) is 5.69 Å². The molecule has 0 fully saturated rings. The van der Waals surface area contributed by atoms with E-state index in [1.165, 1.54) is 10.2 Å². The lowest BCUT2D eigenvalue weighted by Crippen LogP contribution is -2.19. The third-order valence-corrected chi connectivity index (χ3v) is 4.18. The number of hydrogen-bond acceptors (Lipinski definition) is 4. The topological polar surface area (TPSA) is 64.2 Å². The number of hydrogen-bond donors (Lipinski definition) is 1. The highest BCUT2D eigenvalue weighted by Gasteiger charge is 2.11. The molecule has 7 heteroatoms. The Morgan fingerprint density at radius 2 is 1.92 bits per heavy atom. The third-order valence-electron chi connectivity index (χ3n) is 3.79. The molecule has 0 unspecified atom stereocenters. The van der Waals surface area contributed by atoms with Gasteiger partial charge in [0.15, 0.2) is 5.65 Å². The summed E-state index contributed by atoms with van der Waals surface area (Å²) in [5.41, 5.74) is 4.50. The number of carbonyl (C=O) groups is 1. The number of aromatic nitrogens is 4. The minimum Gasteiger partial charge on any atom is -0.324 e. The van der Waals surface area contributed by atoms with Crippen LogP contribution < -0.4 is 5.32 Å². The average Bonchev–Trinajstić information content (AvgIpc) is 2.85. The molecule has 0 saturated carbocycles. The molecule has 2 heterocycles. The molecule has 0 radical (unpaired) electrons. The van der Waals surface area contributed by atoms with E-state index in [1.807, 2.05) is 44.2 Å². The third kappa shape index (κ3) is 3.21. The molecule has 124 valence electrons. The van der Waals surface area contributed by atoms with Crippen molar-refractivity contribution < 1.29 is 4.79 Å². The fourth-order valence-electron chi connectivity index (χ4n) is 2.56. The van der Waals surface area contributed by atoms with Crippen molar-refractivity contribution in [2.24, 2.45) is 0 Å². The first-order valence-electron chi connectivity index (χ1n) is 7.81. The van der Waals surface area contributed by atoms with Crippen molar-refractivity contribution in [3.63, 3.8) is 0 Å². The first kappa shape index (κ1) is 16.3. The maximum Gasteiger partial charge on any atom is 0.246 e. The molecule has 0 aliphatic carbocycles. The first-order chi connectivity index (χ1) is 11.5. The van der Waals surface area contributed by atoms with Crippen LogP contribution in [0.15, 0.2) is 30.3 Å². The van der Waals surface area contributed by atoms with E-state index in [0.717, 1.165) is 23.4 Å². The van der Waals surface area contributed by atoms with Crippen molar-refractivity contribution in [3.05, 3.63) is 51.9 Å². The zero-order valence-electron chi connectivity index (χ0n) is 13.9. The summed E-state index contributed by atoms with van der Waals surface area (Å²) >= 11 is 5.38. The average molecular weight is 341 g/mol. The molecule has 2 aromatic heterocycles. The van der Waals surface area contributed by atoms with Crippen LogP contribution in [0.4, 0.5) is 5.69 Å². The van der Waals surface area contributed by atoms with Crippen LogP contribution in [0.1, 0.15) is 23.7 Å². The standard InChI is InChI=1S/C17H19N5OS/c1-4-13-5-7-14(8-6-13)18-15(23)10-21-17(24)22-16(20-21)11(2)9-12(3)19-22/h5-9H,4,10H2,1-3H3,(H,18,23). The Morgan fingerprint density at radius 1 is 1.21 bits per heavy atom. The summed E-state index contributed by atoms with van der Waals surface area (Å²) in [5, 5.41) is 11.6. The van der Waals surface area contributed by atoms with Crippen LogP contribution in [0.2, 0.25) is 0 Å². The normalized spacial score (nSPS) is 11.0. The number of carbonyl (C=O) groups excluding carboxylic acids is 1. The van der Waals surface area contributed by atoms with Crippen LogP contribution in [-0.4, -0.2) is 25.3 Å². The predicted molar refractivity (Wildman–Crippen MR) is 95.7 cm³/mol. The Hall–Kier alpha value is -2.54. The van der Waals surface area contributed by atoms with Gasteiger partial charge in [0.25, 0.3) is 0 Å². The molecule has 0 bridgehead atoms. The van der Waals surface area contributed by atoms with Crippen molar-refractivity contribution in [3.8, 4) is 0 Å². The molecule has 0 aliphatic heterocycles. The van der Waals surface area contributed by atoms with E-state index in [0.29, 0.717) is 10.4 Å². The van der Waals surface area contributed by atoms with Crippen LogP contribution in [0.5, 0.6) is 0 Å². The van der Waals surface area contributed by atoms with Gasteiger partial charge in [0.05, 0.1) is 5.69 Å². The molecule has 3 aromatic rings. The second kappa shape index (κ2) is 6.52. The van der Waals surface area contributed by atoms with Crippen molar-refractivity contribution in [2.45, 2.75) is 33.7 Å². The summed E-state index contributed by atoms with van der Waals surface area (Å²) in [6.07, 6.45) is 0.969. The number of aryl methyl sites for hydroxylation is 3. The molecule has 1 amide bonds. The summed E-state index contributed by atoms with van der Waals surface area (Å²) in [6, 6.07) is 9.74. The minimum atomic E-state index is -0.173. The SMILES string of the molecule is CCc1ccc(NC(=O)Cn2nc3c(C)cc(C)nn3c2=S)cc1. The van der Waals surface area contributed by atoms with E-state index in [-0.39, 0.29) is 12.5 Å². The maximum atomic E-state index is 12.3. The van der Waals surface area contributed by atoms with Gasteiger partial charge < -0.3 is 5.32 Å². The van der Waals surface area contributed by atoms with E-state index in [1.54, 1.807) is 4.52 Å². The fourth-order valence-corrected chi connectivity index (χ4v) is 2.80. The minimum absolute atomic E-state index is 0.0518. The van der Waals surface area contributed by atoms with Gasteiger partial charge in [-0.25, -0.2) is 4.68 Å². The van der Waals surface area contributed by atoms with Crippen molar-refractivity contribution in [2.75, 3.05) is 5.32 Å². The summed E-state index contributed by atoms with van der Waals surface area (Å²) in [7, 11) is 0. The number of rotatable bonds is 4. The molecular formula is C17H19N5OS. The highest BCUT2D eigenvalue weighted by molar-refractivity contribution is 7.71. The molecule has 3 rings (SSSR count). The molecule has 0 saturated heterocycles. The summed E-state index contributed by atoms with van der Waals surface area (Å²) < 4.78 is 3.51. The van der Waals surface area contributed by atoms with E-state index in [4.69, 9.17) is 12.2 Å². The van der Waals surface area contributed by atoms with Crippen molar-refractivity contribution in [1.29, 1.82) is 0 Å². The second-order valence-electron chi connectivity index (χ2n) is 5.74. The van der Waals surface area contributed by atoms with Crippen molar-refractivity contribution in [1.82, 2.24) is 19.4 Å². The van der Waals surface area contributed by atoms with Crippen LogP contribution in [-0.2, 0) is 17.8 Å². The Morgan fingerprint density at radius 3 is 2.58 bits per heavy atom. The van der Waals surface area contributed by atoms with Gasteiger partial charge in [0.1, 0.15) is 6.54 Å². The molecule has 1 aromatic carbocycles. The molecule has 1 N–H and O–H groups in total. The Kier molecular flexibility index (Phi) is 4.44. The van der Waals surface area contributed by atoms with E-state index in [9.17, 15) is 4.79 Å². The highest BCUT2D eigenvalue weighted by Crippen LogP contribution is 2.11. The van der Waals surface area contributed by atoms with E-state index in [2.05, 4.69) is 22.4 Å². The van der Waals surface area contributed by atoms with E-state index < -0.39 is 0 Å². The maximum absolute atomic E-state index is 12.3. The van der Waals surface area contributed by atoms with Crippen LogP contribution in [0.25, 0.3) is 5.65 Å². The lowest BCUT2D eigenvalue weighted by Gasteiger charge is -2.05. The van der Waals surface area contributed by atoms with Gasteiger partial charge in [0.2, 0.25) is 10.7 Å². The summed E-state index contributed by atoms with van der Waals surface area (Å²) in [6.45, 7) is 6.00. The smallest absolute Gasteiger partial charge is 0.246 e. The molecule has 0 atom stereocenters. The van der Waals surface area contributed by atoms with Gasteiger partial charge >= 0.3 is 0 Å². The van der Waals surface area contributed by atoms with Crippen LogP contribution in [0, 0.1) is 18.6 Å². The monoisotopic (exact) mass is 341 g/mol. The van der Waals surface area contributed by atoms with Crippen LogP contribution in [0.3, 0.4) is 0 Å². The van der Waals surface area contributed by atoms with Gasteiger partial charge in [-0.3, -0.25) is 4.79 Å². The highest BCUT2D eigenvalue weighted by atomic mass is 32.1. The number of anilines is 1. The lowest BCUT2D eigenvalue weighted by atomic mass is 10.1. The molecule has 24 heavy (non-hydrogen) atoms. The summed E-state index contributed by atoms with van der Waals surface area (Å²) in [4.78, 5) is 12.3. The Labute approximate surface area is 145 Å². The van der Waals surface area contributed by atoms with Gasteiger partial charge in [-0.2, -0.15) is 9.61 Å². The van der Waals surface area contributed by atoms with Gasteiger partial charge in [-0.05, 0) is 61.8 Å². The lowest BCUT2D eigenvalue weighted by molar-refractivity contribution is -0.116. The summed E-state index contributed by atoms with van der Waals surface area (Å²) in [5.74, 6) is -0.173. The number of amides is 1. The van der Waals surface area contributed by atoms with Crippen LogP contribution >= 0.6 is 12.2 Å². The first-order valence-corrected chi connectivity index (χ1v) is 8.21. The van der Waals surface area contributed by atoms with Gasteiger partial charge in [-0.1, -0.05) is 19.1 Å². The predicted octanol–water partition coefficient (Wildman–Crippen LogP) is 3.08. The Bertz CT molecular complexity index is 956. The number of nitrogens with one attached hydrogen (secondary N) is 1. The second-order valence-corrected chi connectivity index (χ2v) is 6.11. The molecule has 6 nitrogen and oxygen atoms in total. The van der Waals surface area contributed by atoms with Crippen molar-refractivity contribution >= 4 is 29.5 Å². The number of benzene rings is 1. The molecule has 0 spiro atoms. The van der Waals surface area contributed by atoms with Gasteiger partial charge in [-0.15, -0.1) is 5.10 Å².